The van der Waals surface area contributed by atoms with Crippen LogP contribution >= 0.6 is 0 Å². The maximum atomic E-state index is 5.47. The van der Waals surface area contributed by atoms with E-state index in [0.717, 1.165) is 26.2 Å². The number of hydrogen-bond donors (Lipinski definition) is 1. The normalized spacial score (nSPS) is 17.0. The van der Waals surface area contributed by atoms with E-state index in [9.17, 15) is 0 Å². The van der Waals surface area contributed by atoms with Crippen LogP contribution in [0.2, 0.25) is 0 Å². The van der Waals surface area contributed by atoms with Gasteiger partial charge in [-0.3, -0.25) is 0 Å². The molecule has 18 heavy (non-hydrogen) atoms. The van der Waals surface area contributed by atoms with Crippen molar-refractivity contribution in [2.75, 3.05) is 46.2 Å². The Kier molecular flexibility index (Phi) is 8.59. The summed E-state index contributed by atoms with van der Waals surface area (Å²) in [5.41, 5.74) is 0.412. The van der Waals surface area contributed by atoms with Crippen LogP contribution in [0.5, 0.6) is 0 Å². The summed E-state index contributed by atoms with van der Waals surface area (Å²) in [6.07, 6.45) is 4.92. The van der Waals surface area contributed by atoms with Crippen LogP contribution in [0.15, 0.2) is 0 Å². The van der Waals surface area contributed by atoms with Gasteiger partial charge in [-0.1, -0.05) is 13.3 Å². The van der Waals surface area contributed by atoms with Gasteiger partial charge in [-0.05, 0) is 26.2 Å². The predicted molar refractivity (Wildman–Crippen MR) is 73.0 cm³/mol. The molecule has 0 amide bonds. The smallest absolute Gasteiger partial charge is 0.0701 e. The van der Waals surface area contributed by atoms with E-state index in [1.54, 1.807) is 0 Å². The van der Waals surface area contributed by atoms with Crippen LogP contribution in [0.3, 0.4) is 0 Å². The molecule has 0 spiro atoms. The maximum Gasteiger partial charge on any atom is 0.0701 e. The number of rotatable bonds is 13. The van der Waals surface area contributed by atoms with Crippen LogP contribution < -0.4 is 5.32 Å². The maximum absolute atomic E-state index is 5.47. The Labute approximate surface area is 111 Å². The van der Waals surface area contributed by atoms with Gasteiger partial charge in [-0.25, -0.2) is 0 Å². The van der Waals surface area contributed by atoms with E-state index in [4.69, 9.17) is 14.2 Å². The minimum absolute atomic E-state index is 0.412. The van der Waals surface area contributed by atoms with Crippen LogP contribution in [-0.4, -0.2) is 51.7 Å². The third kappa shape index (κ3) is 8.86. The van der Waals surface area contributed by atoms with Gasteiger partial charge in [-0.15, -0.1) is 0 Å². The van der Waals surface area contributed by atoms with Gasteiger partial charge in [0.1, 0.15) is 0 Å². The van der Waals surface area contributed by atoms with Crippen molar-refractivity contribution in [1.82, 2.24) is 5.32 Å². The lowest BCUT2D eigenvalue weighted by Crippen LogP contribution is -2.31. The summed E-state index contributed by atoms with van der Waals surface area (Å²) in [7, 11) is 0. The zero-order valence-corrected chi connectivity index (χ0v) is 12.0. The lowest BCUT2D eigenvalue weighted by atomic mass is 10.3. The molecule has 1 aliphatic carbocycles. The molecule has 4 heteroatoms. The van der Waals surface area contributed by atoms with Gasteiger partial charge >= 0.3 is 0 Å². The fraction of sp³-hybridized carbons (Fsp3) is 1.00. The van der Waals surface area contributed by atoms with Crippen molar-refractivity contribution in [3.8, 4) is 0 Å². The minimum Gasteiger partial charge on any atom is -0.379 e. The average Bonchev–Trinajstić information content (AvgIpc) is 3.09. The second-order valence-corrected chi connectivity index (χ2v) is 5.18. The van der Waals surface area contributed by atoms with E-state index in [0.29, 0.717) is 32.0 Å². The molecule has 0 aromatic rings. The molecule has 0 aliphatic heterocycles. The lowest BCUT2D eigenvalue weighted by molar-refractivity contribution is 0.0143. The first-order valence-corrected chi connectivity index (χ1v) is 7.25. The van der Waals surface area contributed by atoms with Gasteiger partial charge in [0.15, 0.2) is 0 Å². The Balaban J connectivity index is 1.66. The van der Waals surface area contributed by atoms with E-state index in [-0.39, 0.29) is 0 Å². The Bertz CT molecular complexity index is 195. The monoisotopic (exact) mass is 259 g/mol. The highest BCUT2D eigenvalue weighted by Crippen LogP contribution is 2.33. The van der Waals surface area contributed by atoms with Crippen LogP contribution in [0.4, 0.5) is 0 Å². The van der Waals surface area contributed by atoms with Crippen molar-refractivity contribution >= 4 is 0 Å². The second-order valence-electron chi connectivity index (χ2n) is 5.18. The molecule has 1 N–H and O–H groups in total. The average molecular weight is 259 g/mol. The van der Waals surface area contributed by atoms with Gasteiger partial charge in [0.25, 0.3) is 0 Å². The van der Waals surface area contributed by atoms with Gasteiger partial charge in [-0.2, -0.15) is 0 Å². The number of ether oxygens (including phenoxy) is 3. The van der Waals surface area contributed by atoms with Gasteiger partial charge in [0.05, 0.1) is 33.0 Å². The molecule has 0 radical (unpaired) electrons. The van der Waals surface area contributed by atoms with E-state index in [2.05, 4.69) is 19.2 Å². The van der Waals surface area contributed by atoms with E-state index < -0.39 is 0 Å². The molecule has 1 rings (SSSR count). The molecule has 108 valence electrons. The predicted octanol–water partition coefficient (Wildman–Crippen LogP) is 1.98. The third-order valence-electron chi connectivity index (χ3n) is 3.18. The Hall–Kier alpha value is -0.160. The quantitative estimate of drug-likeness (QED) is 0.513. The number of unbranched alkanes of at least 4 members (excludes halogenated alkanes) is 1. The van der Waals surface area contributed by atoms with Crippen molar-refractivity contribution in [3.63, 3.8) is 0 Å². The zero-order chi connectivity index (χ0) is 13.1. The first-order valence-electron chi connectivity index (χ1n) is 7.25. The largest absolute Gasteiger partial charge is 0.379 e. The molecule has 0 aromatic heterocycles. The van der Waals surface area contributed by atoms with Crippen LogP contribution in [0.1, 0.15) is 39.5 Å². The Morgan fingerprint density at radius 2 is 1.44 bits per heavy atom. The summed E-state index contributed by atoms with van der Waals surface area (Å²) in [5.74, 6) is 0. The second kappa shape index (κ2) is 9.73. The van der Waals surface area contributed by atoms with Crippen molar-refractivity contribution in [3.05, 3.63) is 0 Å². The highest BCUT2D eigenvalue weighted by atomic mass is 16.5. The fourth-order valence-electron chi connectivity index (χ4n) is 1.58. The molecule has 1 aliphatic rings. The molecule has 0 bridgehead atoms. The standard InChI is InChI=1S/C14H29NO3/c1-3-4-8-16-10-12-18-13-11-17-9-7-15-14(2)5-6-14/h15H,3-13H2,1-2H3. The number of nitrogens with one attached hydrogen (secondary N) is 1. The Morgan fingerprint density at radius 1 is 0.889 bits per heavy atom. The van der Waals surface area contributed by atoms with Crippen molar-refractivity contribution in [2.24, 2.45) is 0 Å². The van der Waals surface area contributed by atoms with Crippen molar-refractivity contribution < 1.29 is 14.2 Å². The van der Waals surface area contributed by atoms with Crippen molar-refractivity contribution in [1.29, 1.82) is 0 Å². The van der Waals surface area contributed by atoms with Crippen LogP contribution in [0, 0.1) is 0 Å². The molecular weight excluding hydrogens is 230 g/mol. The number of hydrogen-bond acceptors (Lipinski definition) is 4. The van der Waals surface area contributed by atoms with Gasteiger partial charge in [0.2, 0.25) is 0 Å². The van der Waals surface area contributed by atoms with E-state index in [1.165, 1.54) is 19.3 Å². The molecule has 0 atom stereocenters. The SMILES string of the molecule is CCCCOCCOCCOCCNC1(C)CC1. The molecule has 0 heterocycles. The molecule has 0 aromatic carbocycles. The first kappa shape index (κ1) is 15.9. The highest BCUT2D eigenvalue weighted by molar-refractivity contribution is 4.97. The molecule has 4 nitrogen and oxygen atoms in total. The van der Waals surface area contributed by atoms with Crippen molar-refractivity contribution in [2.45, 2.75) is 45.1 Å². The van der Waals surface area contributed by atoms with E-state index in [1.807, 2.05) is 0 Å². The molecule has 1 saturated carbocycles. The summed E-state index contributed by atoms with van der Waals surface area (Å²) in [5, 5.41) is 3.48. The van der Waals surface area contributed by atoms with Crippen LogP contribution in [0.25, 0.3) is 0 Å². The Morgan fingerprint density at radius 3 is 2.00 bits per heavy atom. The van der Waals surface area contributed by atoms with Gasteiger partial charge < -0.3 is 19.5 Å². The van der Waals surface area contributed by atoms with Crippen LogP contribution in [-0.2, 0) is 14.2 Å². The highest BCUT2D eigenvalue weighted by Gasteiger charge is 2.35. The summed E-state index contributed by atoms with van der Waals surface area (Å²) in [6.45, 7) is 9.68. The molecular formula is C14H29NO3. The first-order chi connectivity index (χ1) is 8.77. The summed E-state index contributed by atoms with van der Waals surface area (Å²) >= 11 is 0. The topological polar surface area (TPSA) is 39.7 Å². The summed E-state index contributed by atoms with van der Waals surface area (Å²) in [4.78, 5) is 0. The van der Waals surface area contributed by atoms with E-state index >= 15 is 0 Å². The third-order valence-corrected chi connectivity index (χ3v) is 3.18. The molecule has 0 unspecified atom stereocenters. The minimum atomic E-state index is 0.412. The molecule has 0 saturated heterocycles. The summed E-state index contributed by atoms with van der Waals surface area (Å²) in [6, 6.07) is 0. The zero-order valence-electron chi connectivity index (χ0n) is 12.0. The van der Waals surface area contributed by atoms with Gasteiger partial charge in [0, 0.05) is 18.7 Å². The lowest BCUT2D eigenvalue weighted by Gasteiger charge is -2.11. The summed E-state index contributed by atoms with van der Waals surface area (Å²) < 4.78 is 16.3. The molecule has 1 fully saturated rings. The fourth-order valence-corrected chi connectivity index (χ4v) is 1.58.